The first-order chi connectivity index (χ1) is 13.2. The maximum atomic E-state index is 13.0. The van der Waals surface area contributed by atoms with Crippen molar-refractivity contribution < 1.29 is 4.79 Å². The Labute approximate surface area is 162 Å². The van der Waals surface area contributed by atoms with E-state index >= 15 is 0 Å². The van der Waals surface area contributed by atoms with E-state index in [4.69, 9.17) is 5.10 Å². The average molecular weight is 367 g/mol. The van der Waals surface area contributed by atoms with E-state index < -0.39 is 0 Å². The third-order valence-electron chi connectivity index (χ3n) is 5.90. The molecule has 0 bridgehead atoms. The zero-order valence-electron chi connectivity index (χ0n) is 16.6. The van der Waals surface area contributed by atoms with E-state index in [0.29, 0.717) is 13.1 Å². The summed E-state index contributed by atoms with van der Waals surface area (Å²) in [5, 5.41) is 4.76. The Kier molecular flexibility index (Phi) is 5.30. The highest BCUT2D eigenvalue weighted by molar-refractivity contribution is 5.94. The molecule has 4 rings (SSSR count). The van der Waals surface area contributed by atoms with Crippen LogP contribution in [0.5, 0.6) is 0 Å². The highest BCUT2D eigenvalue weighted by Gasteiger charge is 2.30. The Hall–Kier alpha value is -2.14. The first kappa shape index (κ1) is 18.2. The standard InChI is InChI=1S/C22H30N4O/c1-3-7-17-8-10-18(11-9-17)22(27)26-14-19-20(23-24(2)21(19)16-26)15-25-12-5-4-6-13-25/h8-11H,3-7,12-16H2,1-2H3. The second-order valence-corrected chi connectivity index (χ2v) is 7.94. The highest BCUT2D eigenvalue weighted by Crippen LogP contribution is 2.28. The molecule has 1 fully saturated rings. The Balaban J connectivity index is 1.46. The van der Waals surface area contributed by atoms with E-state index in [1.165, 1.54) is 36.1 Å². The van der Waals surface area contributed by atoms with Gasteiger partial charge >= 0.3 is 0 Å². The molecule has 0 unspecified atom stereocenters. The van der Waals surface area contributed by atoms with E-state index in [1.807, 2.05) is 28.8 Å². The van der Waals surface area contributed by atoms with E-state index in [1.54, 1.807) is 0 Å². The van der Waals surface area contributed by atoms with Crippen LogP contribution in [0.15, 0.2) is 24.3 Å². The van der Waals surface area contributed by atoms with E-state index in [-0.39, 0.29) is 5.91 Å². The normalized spacial score (nSPS) is 17.3. The zero-order chi connectivity index (χ0) is 18.8. The predicted molar refractivity (Wildman–Crippen MR) is 106 cm³/mol. The molecule has 0 spiro atoms. The molecule has 27 heavy (non-hydrogen) atoms. The summed E-state index contributed by atoms with van der Waals surface area (Å²) in [7, 11) is 2.01. The number of carbonyl (C=O) groups excluding carboxylic acids is 1. The summed E-state index contributed by atoms with van der Waals surface area (Å²) in [6.45, 7) is 6.76. The van der Waals surface area contributed by atoms with Crippen LogP contribution in [0.2, 0.25) is 0 Å². The van der Waals surface area contributed by atoms with E-state index in [0.717, 1.165) is 43.7 Å². The number of aryl methyl sites for hydroxylation is 2. The van der Waals surface area contributed by atoms with Crippen molar-refractivity contribution in [1.82, 2.24) is 19.6 Å². The molecule has 0 radical (unpaired) electrons. The van der Waals surface area contributed by atoms with Crippen LogP contribution in [0.25, 0.3) is 0 Å². The Morgan fingerprint density at radius 2 is 1.81 bits per heavy atom. The second kappa shape index (κ2) is 7.85. The molecule has 1 saturated heterocycles. The lowest BCUT2D eigenvalue weighted by atomic mass is 10.1. The van der Waals surface area contributed by atoms with Gasteiger partial charge in [-0.3, -0.25) is 14.4 Å². The summed E-state index contributed by atoms with van der Waals surface area (Å²) in [5.74, 6) is 0.123. The number of fused-ring (bicyclic) bond motifs is 1. The summed E-state index contributed by atoms with van der Waals surface area (Å²) >= 11 is 0. The van der Waals surface area contributed by atoms with Gasteiger partial charge in [0.1, 0.15) is 0 Å². The van der Waals surface area contributed by atoms with E-state index in [2.05, 4.69) is 24.0 Å². The van der Waals surface area contributed by atoms with E-state index in [9.17, 15) is 4.79 Å². The molecule has 3 heterocycles. The van der Waals surface area contributed by atoms with Gasteiger partial charge < -0.3 is 4.90 Å². The average Bonchev–Trinajstić information content (AvgIpc) is 3.25. The molecule has 1 aromatic heterocycles. The summed E-state index contributed by atoms with van der Waals surface area (Å²) in [6, 6.07) is 8.12. The fourth-order valence-corrected chi connectivity index (χ4v) is 4.36. The van der Waals surface area contributed by atoms with Crippen molar-refractivity contribution in [2.24, 2.45) is 7.05 Å². The highest BCUT2D eigenvalue weighted by atomic mass is 16.2. The molecule has 5 nitrogen and oxygen atoms in total. The number of hydrogen-bond acceptors (Lipinski definition) is 3. The maximum absolute atomic E-state index is 13.0. The van der Waals surface area contributed by atoms with Crippen LogP contribution < -0.4 is 0 Å². The van der Waals surface area contributed by atoms with Gasteiger partial charge in [0.05, 0.1) is 24.5 Å². The van der Waals surface area contributed by atoms with Gasteiger partial charge in [-0.1, -0.05) is 31.9 Å². The minimum Gasteiger partial charge on any atom is -0.328 e. The molecule has 2 aliphatic rings. The third kappa shape index (κ3) is 3.79. The van der Waals surface area contributed by atoms with Crippen LogP contribution in [0, 0.1) is 0 Å². The minimum atomic E-state index is 0.123. The zero-order valence-corrected chi connectivity index (χ0v) is 16.6. The molecule has 1 aromatic carbocycles. The number of likely N-dealkylation sites (tertiary alicyclic amines) is 1. The Morgan fingerprint density at radius 3 is 2.52 bits per heavy atom. The molecule has 5 heteroatoms. The van der Waals surface area contributed by atoms with Crippen molar-refractivity contribution in [2.45, 2.75) is 58.7 Å². The lowest BCUT2D eigenvalue weighted by Gasteiger charge is -2.26. The van der Waals surface area contributed by atoms with Crippen molar-refractivity contribution in [3.05, 3.63) is 52.3 Å². The van der Waals surface area contributed by atoms with Crippen LogP contribution in [-0.4, -0.2) is 38.6 Å². The lowest BCUT2D eigenvalue weighted by molar-refractivity contribution is 0.0747. The van der Waals surface area contributed by atoms with Gasteiger partial charge in [-0.25, -0.2) is 0 Å². The number of piperidine rings is 1. The number of carbonyl (C=O) groups is 1. The van der Waals surface area contributed by atoms with Crippen molar-refractivity contribution >= 4 is 5.91 Å². The van der Waals surface area contributed by atoms with Gasteiger partial charge in [-0.2, -0.15) is 5.10 Å². The molecule has 1 amide bonds. The van der Waals surface area contributed by atoms with Gasteiger partial charge in [-0.15, -0.1) is 0 Å². The number of nitrogens with zero attached hydrogens (tertiary/aromatic N) is 4. The fraction of sp³-hybridized carbons (Fsp3) is 0.545. The maximum Gasteiger partial charge on any atom is 0.254 e. The van der Waals surface area contributed by atoms with Gasteiger partial charge in [0, 0.05) is 24.7 Å². The third-order valence-corrected chi connectivity index (χ3v) is 5.90. The number of hydrogen-bond donors (Lipinski definition) is 0. The Bertz CT molecular complexity index is 802. The van der Waals surface area contributed by atoms with Crippen molar-refractivity contribution in [3.8, 4) is 0 Å². The largest absolute Gasteiger partial charge is 0.328 e. The number of rotatable bonds is 5. The SMILES string of the molecule is CCCc1ccc(C(=O)N2Cc3c(CN4CCCCC4)nn(C)c3C2)cc1. The quantitative estimate of drug-likeness (QED) is 0.813. The van der Waals surface area contributed by atoms with Gasteiger partial charge in [-0.05, 0) is 50.0 Å². The van der Waals surface area contributed by atoms with Crippen LogP contribution in [0.4, 0.5) is 0 Å². The summed E-state index contributed by atoms with van der Waals surface area (Å²) in [4.78, 5) is 17.4. The Morgan fingerprint density at radius 1 is 1.07 bits per heavy atom. The number of aromatic nitrogens is 2. The molecule has 0 saturated carbocycles. The molecule has 0 aliphatic carbocycles. The van der Waals surface area contributed by atoms with Crippen LogP contribution in [-0.2, 0) is 33.1 Å². The number of amides is 1. The van der Waals surface area contributed by atoms with Crippen LogP contribution in [0.3, 0.4) is 0 Å². The summed E-state index contributed by atoms with van der Waals surface area (Å²) in [5.41, 5.74) is 5.69. The van der Waals surface area contributed by atoms with Gasteiger partial charge in [0.2, 0.25) is 0 Å². The number of benzene rings is 1. The van der Waals surface area contributed by atoms with Crippen molar-refractivity contribution in [3.63, 3.8) is 0 Å². The molecule has 0 N–H and O–H groups in total. The van der Waals surface area contributed by atoms with Crippen molar-refractivity contribution in [1.29, 1.82) is 0 Å². The minimum absolute atomic E-state index is 0.123. The van der Waals surface area contributed by atoms with Crippen LogP contribution in [0.1, 0.15) is 65.5 Å². The lowest BCUT2D eigenvalue weighted by Crippen LogP contribution is -2.30. The van der Waals surface area contributed by atoms with Gasteiger partial charge in [0.25, 0.3) is 5.91 Å². The van der Waals surface area contributed by atoms with Crippen molar-refractivity contribution in [2.75, 3.05) is 13.1 Å². The summed E-state index contributed by atoms with van der Waals surface area (Å²) in [6.07, 6.45) is 6.11. The fourth-order valence-electron chi connectivity index (χ4n) is 4.36. The molecule has 2 aromatic rings. The molecular formula is C22H30N4O. The molecule has 0 atom stereocenters. The smallest absolute Gasteiger partial charge is 0.254 e. The molecular weight excluding hydrogens is 336 g/mol. The molecule has 2 aliphatic heterocycles. The summed E-state index contributed by atoms with van der Waals surface area (Å²) < 4.78 is 1.98. The first-order valence-electron chi connectivity index (χ1n) is 10.3. The monoisotopic (exact) mass is 366 g/mol. The predicted octanol–water partition coefficient (Wildman–Crippen LogP) is 3.51. The topological polar surface area (TPSA) is 41.4 Å². The van der Waals surface area contributed by atoms with Crippen LogP contribution >= 0.6 is 0 Å². The first-order valence-corrected chi connectivity index (χ1v) is 10.3. The van der Waals surface area contributed by atoms with Gasteiger partial charge in [0.15, 0.2) is 0 Å². The molecule has 144 valence electrons. The second-order valence-electron chi connectivity index (χ2n) is 7.94.